The minimum atomic E-state index is -2.91. The Kier molecular flexibility index (Phi) is 6.55. The minimum absolute atomic E-state index is 0.0186. The molecule has 1 aromatic heterocycles. The zero-order valence-electron chi connectivity index (χ0n) is 15.6. The lowest BCUT2D eigenvalue weighted by atomic mass is 10.2. The van der Waals surface area contributed by atoms with Gasteiger partial charge in [0.2, 0.25) is 0 Å². The number of nitrogens with one attached hydrogen (secondary N) is 1. The van der Waals surface area contributed by atoms with Crippen LogP contribution in [0.2, 0.25) is 0 Å². The zero-order chi connectivity index (χ0) is 20.1. The molecule has 1 aromatic carbocycles. The highest BCUT2D eigenvalue weighted by atomic mass is 19.3. The summed E-state index contributed by atoms with van der Waals surface area (Å²) in [6, 6.07) is 7.36. The van der Waals surface area contributed by atoms with Crippen molar-refractivity contribution in [2.45, 2.75) is 40.3 Å². The number of ether oxygens (including phenoxy) is 2. The summed E-state index contributed by atoms with van der Waals surface area (Å²) in [6.07, 6.45) is 0. The maximum Gasteiger partial charge on any atom is 0.387 e. The number of aryl methyl sites for hydroxylation is 1. The van der Waals surface area contributed by atoms with E-state index < -0.39 is 25.1 Å². The molecule has 2 aromatic rings. The summed E-state index contributed by atoms with van der Waals surface area (Å²) >= 11 is 0. The first-order chi connectivity index (χ1) is 12.7. The number of rotatable bonds is 7. The second-order valence-corrected chi connectivity index (χ2v) is 6.28. The number of aromatic nitrogens is 1. The number of nitrogens with zero attached hydrogens (tertiary/aromatic N) is 1. The number of benzene rings is 1. The largest absolute Gasteiger partial charge is 0.452 e. The zero-order valence-corrected chi connectivity index (χ0v) is 15.6. The van der Waals surface area contributed by atoms with Gasteiger partial charge in [0.25, 0.3) is 5.91 Å². The number of carbonyl (C=O) groups is 2. The van der Waals surface area contributed by atoms with Gasteiger partial charge < -0.3 is 19.4 Å². The van der Waals surface area contributed by atoms with E-state index in [1.807, 2.05) is 32.3 Å². The Labute approximate surface area is 156 Å². The summed E-state index contributed by atoms with van der Waals surface area (Å²) in [7, 11) is 0. The Balaban J connectivity index is 1.92. The van der Waals surface area contributed by atoms with Gasteiger partial charge in [0, 0.05) is 23.1 Å². The Morgan fingerprint density at radius 3 is 2.30 bits per heavy atom. The maximum atomic E-state index is 12.3. The van der Waals surface area contributed by atoms with Crippen LogP contribution in [-0.4, -0.2) is 29.7 Å². The number of alkyl halides is 2. The van der Waals surface area contributed by atoms with Gasteiger partial charge in [-0.15, -0.1) is 0 Å². The van der Waals surface area contributed by atoms with Gasteiger partial charge in [0.15, 0.2) is 6.61 Å². The summed E-state index contributed by atoms with van der Waals surface area (Å²) in [5.74, 6) is -1.13. The number of esters is 1. The van der Waals surface area contributed by atoms with Crippen LogP contribution in [0.1, 0.15) is 41.6 Å². The van der Waals surface area contributed by atoms with E-state index in [1.165, 1.54) is 24.3 Å². The molecule has 2 rings (SSSR count). The average Bonchev–Trinajstić information content (AvgIpc) is 2.88. The molecule has 0 aliphatic heterocycles. The van der Waals surface area contributed by atoms with E-state index in [2.05, 4.69) is 10.1 Å². The highest BCUT2D eigenvalue weighted by Crippen LogP contribution is 2.21. The molecule has 1 N–H and O–H groups in total. The predicted octanol–water partition coefficient (Wildman–Crippen LogP) is 4.08. The second-order valence-electron chi connectivity index (χ2n) is 6.28. The van der Waals surface area contributed by atoms with Crippen LogP contribution < -0.4 is 10.1 Å². The lowest BCUT2D eigenvalue weighted by molar-refractivity contribution is -0.119. The number of anilines is 1. The molecule has 1 heterocycles. The standard InChI is InChI=1S/C19H22F2N2O4/c1-11(2)23-12(3)9-16(13(23)4)18(25)26-10-17(24)22-14-5-7-15(8-6-14)27-19(20)21/h5-9,11,19H,10H2,1-4H3,(H,22,24). The summed E-state index contributed by atoms with van der Waals surface area (Å²) in [5, 5.41) is 2.51. The van der Waals surface area contributed by atoms with Gasteiger partial charge in [-0.25, -0.2) is 4.79 Å². The molecule has 0 radical (unpaired) electrons. The van der Waals surface area contributed by atoms with Crippen LogP contribution in [0.4, 0.5) is 14.5 Å². The fourth-order valence-corrected chi connectivity index (χ4v) is 2.90. The van der Waals surface area contributed by atoms with Gasteiger partial charge >= 0.3 is 12.6 Å². The van der Waals surface area contributed by atoms with Gasteiger partial charge in [0.1, 0.15) is 5.75 Å². The average molecular weight is 380 g/mol. The fraction of sp³-hybridized carbons (Fsp3) is 0.368. The molecule has 0 saturated carbocycles. The van der Waals surface area contributed by atoms with Crippen LogP contribution in [-0.2, 0) is 9.53 Å². The number of halogens is 2. The highest BCUT2D eigenvalue weighted by Gasteiger charge is 2.19. The first-order valence-electron chi connectivity index (χ1n) is 8.39. The maximum absolute atomic E-state index is 12.3. The summed E-state index contributed by atoms with van der Waals surface area (Å²) in [5.41, 5.74) is 2.51. The monoisotopic (exact) mass is 380 g/mol. The van der Waals surface area contributed by atoms with Crippen LogP contribution in [0.15, 0.2) is 30.3 Å². The molecule has 146 valence electrons. The molecule has 0 aliphatic rings. The fourth-order valence-electron chi connectivity index (χ4n) is 2.90. The van der Waals surface area contributed by atoms with Gasteiger partial charge in [-0.3, -0.25) is 4.79 Å². The van der Waals surface area contributed by atoms with Crippen LogP contribution in [0, 0.1) is 13.8 Å². The van der Waals surface area contributed by atoms with Crippen molar-refractivity contribution in [3.63, 3.8) is 0 Å². The quantitative estimate of drug-likeness (QED) is 0.735. The van der Waals surface area contributed by atoms with Crippen molar-refractivity contribution in [2.24, 2.45) is 0 Å². The van der Waals surface area contributed by atoms with Gasteiger partial charge in [-0.2, -0.15) is 8.78 Å². The normalized spacial score (nSPS) is 11.0. The Morgan fingerprint density at radius 1 is 1.15 bits per heavy atom. The van der Waals surface area contributed by atoms with Crippen LogP contribution >= 0.6 is 0 Å². The molecule has 0 saturated heterocycles. The summed E-state index contributed by atoms with van der Waals surface area (Å²) in [4.78, 5) is 24.2. The third kappa shape index (κ3) is 5.29. The van der Waals surface area contributed by atoms with E-state index >= 15 is 0 Å². The molecular weight excluding hydrogens is 358 g/mol. The summed E-state index contributed by atoms with van der Waals surface area (Å²) < 4.78 is 35.5. The number of carbonyl (C=O) groups excluding carboxylic acids is 2. The number of hydrogen-bond acceptors (Lipinski definition) is 4. The first kappa shape index (κ1) is 20.4. The molecule has 0 aliphatic carbocycles. The molecule has 0 bridgehead atoms. The highest BCUT2D eigenvalue weighted by molar-refractivity contribution is 5.96. The molecule has 1 amide bonds. The Morgan fingerprint density at radius 2 is 1.78 bits per heavy atom. The second kappa shape index (κ2) is 8.66. The van der Waals surface area contributed by atoms with Crippen LogP contribution in [0.25, 0.3) is 0 Å². The van der Waals surface area contributed by atoms with E-state index in [0.717, 1.165) is 11.4 Å². The molecule has 27 heavy (non-hydrogen) atoms. The van der Waals surface area contributed by atoms with Crippen molar-refractivity contribution in [1.82, 2.24) is 4.57 Å². The molecule has 6 nitrogen and oxygen atoms in total. The van der Waals surface area contributed by atoms with Gasteiger partial charge in [-0.1, -0.05) is 0 Å². The molecule has 0 spiro atoms. The SMILES string of the molecule is Cc1cc(C(=O)OCC(=O)Nc2ccc(OC(F)F)cc2)c(C)n1C(C)C. The van der Waals surface area contributed by atoms with Crippen molar-refractivity contribution in [3.05, 3.63) is 47.3 Å². The van der Waals surface area contributed by atoms with Crippen LogP contribution in [0.3, 0.4) is 0 Å². The van der Waals surface area contributed by atoms with Crippen molar-refractivity contribution in [3.8, 4) is 5.75 Å². The third-order valence-corrected chi connectivity index (χ3v) is 3.92. The lowest BCUT2D eigenvalue weighted by Crippen LogP contribution is -2.21. The molecule has 0 atom stereocenters. The van der Waals surface area contributed by atoms with E-state index in [4.69, 9.17) is 4.74 Å². The first-order valence-corrected chi connectivity index (χ1v) is 8.39. The van der Waals surface area contributed by atoms with Crippen LogP contribution in [0.5, 0.6) is 5.75 Å². The van der Waals surface area contributed by atoms with Gasteiger partial charge in [0.05, 0.1) is 5.56 Å². The van der Waals surface area contributed by atoms with E-state index in [-0.39, 0.29) is 11.8 Å². The third-order valence-electron chi connectivity index (χ3n) is 3.92. The van der Waals surface area contributed by atoms with Crippen molar-refractivity contribution in [2.75, 3.05) is 11.9 Å². The molecular formula is C19H22F2N2O4. The molecule has 0 fully saturated rings. The summed E-state index contributed by atoms with van der Waals surface area (Å²) in [6.45, 7) is 4.38. The van der Waals surface area contributed by atoms with E-state index in [9.17, 15) is 18.4 Å². The smallest absolute Gasteiger partial charge is 0.387 e. The number of hydrogen-bond donors (Lipinski definition) is 1. The minimum Gasteiger partial charge on any atom is -0.452 e. The Hall–Kier alpha value is -2.90. The molecule has 0 unspecified atom stereocenters. The van der Waals surface area contributed by atoms with Crippen molar-refractivity contribution >= 4 is 17.6 Å². The van der Waals surface area contributed by atoms with Crippen molar-refractivity contribution < 1.29 is 27.8 Å². The molecule has 8 heteroatoms. The van der Waals surface area contributed by atoms with Crippen molar-refractivity contribution in [1.29, 1.82) is 0 Å². The predicted molar refractivity (Wildman–Crippen MR) is 96.3 cm³/mol. The van der Waals surface area contributed by atoms with E-state index in [0.29, 0.717) is 11.3 Å². The van der Waals surface area contributed by atoms with E-state index in [1.54, 1.807) is 6.07 Å². The topological polar surface area (TPSA) is 69.6 Å². The lowest BCUT2D eigenvalue weighted by Gasteiger charge is -2.13. The van der Waals surface area contributed by atoms with Gasteiger partial charge in [-0.05, 0) is 58.0 Å². The number of amides is 1. The Bertz CT molecular complexity index is 814.